The van der Waals surface area contributed by atoms with E-state index < -0.39 is 0 Å². The molecule has 0 aliphatic carbocycles. The maximum absolute atomic E-state index is 5.76. The second kappa shape index (κ2) is 4.27. The largest absolute Gasteiger partial charge is 0.277 e. The van der Waals surface area contributed by atoms with Crippen LogP contribution in [0.1, 0.15) is 0 Å². The summed E-state index contributed by atoms with van der Waals surface area (Å²) < 4.78 is 3.81. The molecule has 0 radical (unpaired) electrons. The van der Waals surface area contributed by atoms with Crippen LogP contribution in [0.25, 0.3) is 5.82 Å². The van der Waals surface area contributed by atoms with E-state index in [2.05, 4.69) is 60.1 Å². The number of rotatable bonds is 1. The molecule has 2 rings (SSSR count). The van der Waals surface area contributed by atoms with Gasteiger partial charge in [-0.3, -0.25) is 4.57 Å². The molecule has 0 atom stereocenters. The molecular formula is C7H3ClI2N4. The standard InChI is InChI=1S/C7H3ClI2N4/c8-4-1-5(12-2-11-4)14-3-13-6(9)7(14)10/h1-3H. The Morgan fingerprint density at radius 3 is 2.57 bits per heavy atom. The van der Waals surface area contributed by atoms with Crippen molar-refractivity contribution < 1.29 is 0 Å². The molecule has 0 aromatic carbocycles. The molecule has 2 aromatic heterocycles. The Kier molecular flexibility index (Phi) is 3.22. The zero-order valence-electron chi connectivity index (χ0n) is 6.65. The lowest BCUT2D eigenvalue weighted by molar-refractivity contribution is 0.950. The van der Waals surface area contributed by atoms with E-state index in [9.17, 15) is 0 Å². The van der Waals surface area contributed by atoms with Crippen LogP contribution in [0.5, 0.6) is 0 Å². The summed E-state index contributed by atoms with van der Waals surface area (Å²) in [4.78, 5) is 12.1. The number of halogens is 3. The Bertz CT molecular complexity index is 470. The maximum atomic E-state index is 5.76. The highest BCUT2D eigenvalue weighted by Gasteiger charge is 2.07. The number of nitrogens with zero attached hydrogens (tertiary/aromatic N) is 4. The molecule has 0 aliphatic rings. The van der Waals surface area contributed by atoms with E-state index in [0.717, 1.165) is 13.2 Å². The van der Waals surface area contributed by atoms with E-state index in [4.69, 9.17) is 11.6 Å². The van der Waals surface area contributed by atoms with Gasteiger partial charge in [0.1, 0.15) is 31.0 Å². The smallest absolute Gasteiger partial charge is 0.143 e. The normalized spacial score (nSPS) is 10.5. The first-order chi connectivity index (χ1) is 6.68. The molecule has 0 unspecified atom stereocenters. The molecule has 14 heavy (non-hydrogen) atoms. The zero-order chi connectivity index (χ0) is 10.1. The van der Waals surface area contributed by atoms with Crippen LogP contribution in [0, 0.1) is 7.40 Å². The molecule has 0 saturated heterocycles. The molecule has 2 aromatic rings. The molecule has 0 spiro atoms. The van der Waals surface area contributed by atoms with Gasteiger partial charge >= 0.3 is 0 Å². The molecule has 2 heterocycles. The van der Waals surface area contributed by atoms with Crippen molar-refractivity contribution in [2.75, 3.05) is 0 Å². The van der Waals surface area contributed by atoms with Gasteiger partial charge in [-0.25, -0.2) is 15.0 Å². The van der Waals surface area contributed by atoms with E-state index in [1.165, 1.54) is 6.33 Å². The average molecular weight is 432 g/mol. The van der Waals surface area contributed by atoms with E-state index in [0.29, 0.717) is 5.15 Å². The summed E-state index contributed by atoms with van der Waals surface area (Å²) in [5.74, 6) is 0.727. The van der Waals surface area contributed by atoms with Crippen LogP contribution in [0.3, 0.4) is 0 Å². The van der Waals surface area contributed by atoms with Crippen molar-refractivity contribution in [1.82, 2.24) is 19.5 Å². The highest BCUT2D eigenvalue weighted by atomic mass is 127. The van der Waals surface area contributed by atoms with Crippen LogP contribution in [0.2, 0.25) is 5.15 Å². The first-order valence-electron chi connectivity index (χ1n) is 3.55. The predicted molar refractivity (Wildman–Crippen MR) is 69.6 cm³/mol. The summed E-state index contributed by atoms with van der Waals surface area (Å²) in [6.45, 7) is 0. The van der Waals surface area contributed by atoms with Crippen molar-refractivity contribution in [3.8, 4) is 5.82 Å². The van der Waals surface area contributed by atoms with Crippen LogP contribution in [0.15, 0.2) is 18.7 Å². The van der Waals surface area contributed by atoms with Gasteiger partial charge in [0.2, 0.25) is 0 Å². The summed E-state index contributed by atoms with van der Waals surface area (Å²) in [7, 11) is 0. The number of imidazole rings is 1. The summed E-state index contributed by atoms with van der Waals surface area (Å²) in [5, 5.41) is 0.425. The van der Waals surface area contributed by atoms with Crippen LogP contribution in [-0.4, -0.2) is 19.5 Å². The van der Waals surface area contributed by atoms with Gasteiger partial charge in [0.15, 0.2) is 0 Å². The second-order valence-electron chi connectivity index (χ2n) is 2.40. The van der Waals surface area contributed by atoms with Gasteiger partial charge in [0.05, 0.1) is 0 Å². The minimum atomic E-state index is 0.425. The first kappa shape index (κ1) is 10.6. The van der Waals surface area contributed by atoms with Crippen LogP contribution >= 0.6 is 56.8 Å². The molecule has 0 bridgehead atoms. The van der Waals surface area contributed by atoms with Crippen molar-refractivity contribution in [2.45, 2.75) is 0 Å². The SMILES string of the molecule is Clc1cc(-n2cnc(I)c2I)ncn1. The van der Waals surface area contributed by atoms with Crippen molar-refractivity contribution in [3.63, 3.8) is 0 Å². The maximum Gasteiger partial charge on any atom is 0.143 e. The van der Waals surface area contributed by atoms with E-state index in [-0.39, 0.29) is 0 Å². The molecule has 0 saturated carbocycles. The minimum absolute atomic E-state index is 0.425. The third-order valence-corrected chi connectivity index (χ3v) is 4.59. The molecule has 0 amide bonds. The van der Waals surface area contributed by atoms with Gasteiger partial charge in [0.25, 0.3) is 0 Å². The third-order valence-electron chi connectivity index (χ3n) is 1.53. The van der Waals surface area contributed by atoms with Gasteiger partial charge in [-0.15, -0.1) is 0 Å². The van der Waals surface area contributed by atoms with E-state index in [1.807, 2.05) is 4.57 Å². The van der Waals surface area contributed by atoms with Gasteiger partial charge in [-0.1, -0.05) is 11.6 Å². The molecule has 0 N–H and O–H groups in total. The predicted octanol–water partition coefficient (Wildman–Crippen LogP) is 2.52. The lowest BCUT2D eigenvalue weighted by Crippen LogP contribution is -1.98. The Morgan fingerprint density at radius 2 is 2.00 bits per heavy atom. The van der Waals surface area contributed by atoms with E-state index in [1.54, 1.807) is 12.4 Å². The molecule has 4 nitrogen and oxygen atoms in total. The van der Waals surface area contributed by atoms with Crippen molar-refractivity contribution >= 4 is 56.8 Å². The monoisotopic (exact) mass is 432 g/mol. The molecular weight excluding hydrogens is 429 g/mol. The van der Waals surface area contributed by atoms with Gasteiger partial charge in [0, 0.05) is 6.07 Å². The summed E-state index contributed by atoms with van der Waals surface area (Å²) in [5.41, 5.74) is 0. The summed E-state index contributed by atoms with van der Waals surface area (Å²) in [6.07, 6.45) is 3.14. The Hall–Kier alpha value is 0.0400. The van der Waals surface area contributed by atoms with Crippen molar-refractivity contribution in [3.05, 3.63) is 31.3 Å². The van der Waals surface area contributed by atoms with Crippen molar-refractivity contribution in [2.24, 2.45) is 0 Å². The van der Waals surface area contributed by atoms with E-state index >= 15 is 0 Å². The zero-order valence-corrected chi connectivity index (χ0v) is 11.7. The van der Waals surface area contributed by atoms with Gasteiger partial charge in [-0.2, -0.15) is 0 Å². The van der Waals surface area contributed by atoms with Gasteiger partial charge in [-0.05, 0) is 45.2 Å². The lowest BCUT2D eigenvalue weighted by atomic mass is 10.6. The Labute approximate surface area is 112 Å². The summed E-state index contributed by atoms with van der Waals surface area (Å²) >= 11 is 10.1. The first-order valence-corrected chi connectivity index (χ1v) is 6.08. The van der Waals surface area contributed by atoms with Gasteiger partial charge < -0.3 is 0 Å². The Balaban J connectivity index is 2.55. The number of aromatic nitrogens is 4. The summed E-state index contributed by atoms with van der Waals surface area (Å²) in [6, 6.07) is 1.70. The third kappa shape index (κ3) is 2.01. The molecule has 72 valence electrons. The minimum Gasteiger partial charge on any atom is -0.277 e. The molecule has 0 fully saturated rings. The molecule has 0 aliphatic heterocycles. The van der Waals surface area contributed by atoms with Crippen LogP contribution < -0.4 is 0 Å². The second-order valence-corrected chi connectivity index (χ2v) is 4.83. The average Bonchev–Trinajstić information content (AvgIpc) is 2.48. The molecule has 7 heteroatoms. The number of hydrogen-bond donors (Lipinski definition) is 0. The topological polar surface area (TPSA) is 43.6 Å². The fraction of sp³-hybridized carbons (Fsp3) is 0. The van der Waals surface area contributed by atoms with Crippen molar-refractivity contribution in [1.29, 1.82) is 0 Å². The lowest BCUT2D eigenvalue weighted by Gasteiger charge is -2.01. The fourth-order valence-corrected chi connectivity index (χ4v) is 1.96. The number of hydrogen-bond acceptors (Lipinski definition) is 3. The highest BCUT2D eigenvalue weighted by Crippen LogP contribution is 2.17. The fourth-order valence-electron chi connectivity index (χ4n) is 0.927. The highest BCUT2D eigenvalue weighted by molar-refractivity contribution is 14.1. The quantitative estimate of drug-likeness (QED) is 0.514. The Morgan fingerprint density at radius 1 is 1.21 bits per heavy atom. The van der Waals surface area contributed by atoms with Crippen LogP contribution in [0.4, 0.5) is 0 Å². The van der Waals surface area contributed by atoms with Crippen LogP contribution in [-0.2, 0) is 0 Å².